The number of ketones is 1. The van der Waals surface area contributed by atoms with Crippen LogP contribution in [0.2, 0.25) is 0 Å². The predicted molar refractivity (Wildman–Crippen MR) is 83.2 cm³/mol. The summed E-state index contributed by atoms with van der Waals surface area (Å²) in [5.74, 6) is -2.39. The molecule has 1 aliphatic rings. The minimum absolute atomic E-state index is 0.351. The third-order valence-electron chi connectivity index (χ3n) is 3.78. The monoisotopic (exact) mass is 327 g/mol. The number of unbranched alkanes of at least 4 members (excludes halogenated alkanes) is 2. The molecule has 0 spiro atoms. The number of hydrogen-bond acceptors (Lipinski definition) is 4. The molecule has 1 heterocycles. The van der Waals surface area contributed by atoms with Gasteiger partial charge in [0.1, 0.15) is 0 Å². The van der Waals surface area contributed by atoms with E-state index in [0.29, 0.717) is 25.7 Å². The lowest BCUT2D eigenvalue weighted by molar-refractivity contribution is -0.147. The molecule has 0 aliphatic carbocycles. The first kappa shape index (κ1) is 18.6. The number of nitrogens with zero attached hydrogens (tertiary/aromatic N) is 1. The minimum Gasteiger partial charge on any atom is -0.296 e. The highest BCUT2D eigenvalue weighted by Gasteiger charge is 2.39. The lowest BCUT2D eigenvalue weighted by atomic mass is 9.90. The Hall–Kier alpha value is -1.49. The van der Waals surface area contributed by atoms with Crippen molar-refractivity contribution in [1.82, 2.24) is 4.90 Å². The van der Waals surface area contributed by atoms with Gasteiger partial charge < -0.3 is 0 Å². The molecule has 0 bridgehead atoms. The zero-order valence-corrected chi connectivity index (χ0v) is 13.8. The summed E-state index contributed by atoms with van der Waals surface area (Å²) >= 11 is 5.57. The van der Waals surface area contributed by atoms with E-state index in [1.54, 1.807) is 0 Å². The third-order valence-corrected chi connectivity index (χ3v) is 4.04. The highest BCUT2D eigenvalue weighted by atomic mass is 35.5. The van der Waals surface area contributed by atoms with Crippen LogP contribution in [0.4, 0.5) is 0 Å². The molecule has 0 fully saturated rings. The maximum Gasteiger partial charge on any atom is 0.254 e. The number of hydrogen-bond donors (Lipinski definition) is 0. The second kappa shape index (κ2) is 8.83. The van der Waals surface area contributed by atoms with E-state index in [9.17, 15) is 19.2 Å². The normalized spacial score (nSPS) is 17.0. The summed E-state index contributed by atoms with van der Waals surface area (Å²) in [5, 5.41) is -0.716. The van der Waals surface area contributed by atoms with Crippen LogP contribution in [-0.4, -0.2) is 33.8 Å². The molecule has 0 aromatic carbocycles. The van der Waals surface area contributed by atoms with Crippen molar-refractivity contribution in [3.05, 3.63) is 12.2 Å². The molecule has 1 aliphatic heterocycles. The first-order chi connectivity index (χ1) is 10.4. The van der Waals surface area contributed by atoms with Crippen LogP contribution in [0, 0.1) is 5.92 Å². The Morgan fingerprint density at radius 2 is 1.55 bits per heavy atom. The van der Waals surface area contributed by atoms with Gasteiger partial charge in [-0.25, -0.2) is 0 Å². The van der Waals surface area contributed by atoms with E-state index in [-0.39, 0.29) is 0 Å². The second-order valence-corrected chi connectivity index (χ2v) is 5.81. The predicted octanol–water partition coefficient (Wildman–Crippen LogP) is 2.61. The molecule has 6 heteroatoms. The molecule has 0 aromatic rings. The molecule has 0 saturated heterocycles. The summed E-state index contributed by atoms with van der Waals surface area (Å²) in [6.45, 7) is 3.90. The van der Waals surface area contributed by atoms with Crippen LogP contribution in [-0.2, 0) is 19.2 Å². The molecule has 0 N–H and O–H groups in total. The Kier molecular flexibility index (Phi) is 7.45. The summed E-state index contributed by atoms with van der Waals surface area (Å²) in [5.41, 5.74) is 0. The summed E-state index contributed by atoms with van der Waals surface area (Å²) in [7, 11) is 0. The highest BCUT2D eigenvalue weighted by molar-refractivity contribution is 6.65. The second-order valence-electron chi connectivity index (χ2n) is 5.44. The van der Waals surface area contributed by atoms with Crippen molar-refractivity contribution in [3.63, 3.8) is 0 Å². The highest BCUT2D eigenvalue weighted by Crippen LogP contribution is 2.23. The van der Waals surface area contributed by atoms with Gasteiger partial charge in [0, 0.05) is 12.2 Å². The zero-order valence-electron chi connectivity index (χ0n) is 13.0. The first-order valence-corrected chi connectivity index (χ1v) is 8.10. The Morgan fingerprint density at radius 3 is 2.00 bits per heavy atom. The van der Waals surface area contributed by atoms with Crippen LogP contribution in [0.15, 0.2) is 12.2 Å². The number of amides is 2. The summed E-state index contributed by atoms with van der Waals surface area (Å²) < 4.78 is 0. The molecular formula is C16H22ClNO4. The van der Waals surface area contributed by atoms with Crippen LogP contribution in [0.25, 0.3) is 0 Å². The van der Waals surface area contributed by atoms with E-state index in [0.717, 1.165) is 29.9 Å². The molecule has 2 amide bonds. The third kappa shape index (κ3) is 4.50. The standard InChI is InChI=1S/C16H22ClNO4/c1-3-5-7-11(16(17)22)15(21)12(8-6-4-2)18-13(19)9-10-14(18)20/h9-12H,3-8H2,1-2H3. The van der Waals surface area contributed by atoms with Gasteiger partial charge in [0.15, 0.2) is 5.78 Å². The molecule has 2 unspecified atom stereocenters. The SMILES string of the molecule is CCCCC(C(=O)Cl)C(=O)C(CCCC)N1C(=O)C=CC1=O. The van der Waals surface area contributed by atoms with Crippen LogP contribution in [0.1, 0.15) is 52.4 Å². The van der Waals surface area contributed by atoms with E-state index in [4.69, 9.17) is 11.6 Å². The fraction of sp³-hybridized carbons (Fsp3) is 0.625. The van der Waals surface area contributed by atoms with Crippen molar-refractivity contribution in [2.75, 3.05) is 0 Å². The van der Waals surface area contributed by atoms with Crippen molar-refractivity contribution in [3.8, 4) is 0 Å². The zero-order chi connectivity index (χ0) is 16.7. The van der Waals surface area contributed by atoms with Gasteiger partial charge in [-0.2, -0.15) is 0 Å². The van der Waals surface area contributed by atoms with Crippen LogP contribution in [0.5, 0.6) is 0 Å². The van der Waals surface area contributed by atoms with Gasteiger partial charge in [-0.15, -0.1) is 0 Å². The van der Waals surface area contributed by atoms with Crippen LogP contribution < -0.4 is 0 Å². The lowest BCUT2D eigenvalue weighted by Gasteiger charge is -2.27. The molecule has 122 valence electrons. The largest absolute Gasteiger partial charge is 0.296 e. The van der Waals surface area contributed by atoms with Gasteiger partial charge in [0.25, 0.3) is 11.8 Å². The first-order valence-electron chi connectivity index (χ1n) is 7.72. The van der Waals surface area contributed by atoms with Crippen molar-refractivity contribution < 1.29 is 19.2 Å². The van der Waals surface area contributed by atoms with Gasteiger partial charge in [0.2, 0.25) is 5.24 Å². The van der Waals surface area contributed by atoms with Crippen molar-refractivity contribution in [2.45, 2.75) is 58.4 Å². The van der Waals surface area contributed by atoms with Gasteiger partial charge in [0.05, 0.1) is 12.0 Å². The number of rotatable bonds is 10. The van der Waals surface area contributed by atoms with Gasteiger partial charge in [-0.1, -0.05) is 39.5 Å². The molecular weight excluding hydrogens is 306 g/mol. The molecule has 0 saturated carbocycles. The molecule has 2 atom stereocenters. The smallest absolute Gasteiger partial charge is 0.254 e. The molecule has 0 aromatic heterocycles. The number of imide groups is 1. The summed E-state index contributed by atoms with van der Waals surface area (Å²) in [6.07, 6.45) is 6.04. The minimum atomic E-state index is -0.954. The van der Waals surface area contributed by atoms with E-state index in [1.807, 2.05) is 13.8 Å². The molecule has 0 radical (unpaired) electrons. The van der Waals surface area contributed by atoms with E-state index < -0.39 is 34.8 Å². The molecule has 1 rings (SSSR count). The van der Waals surface area contributed by atoms with Gasteiger partial charge in [-0.05, 0) is 24.4 Å². The van der Waals surface area contributed by atoms with Crippen LogP contribution >= 0.6 is 11.6 Å². The maximum atomic E-state index is 12.7. The van der Waals surface area contributed by atoms with Crippen LogP contribution in [0.3, 0.4) is 0 Å². The number of halogens is 1. The summed E-state index contributed by atoms with van der Waals surface area (Å²) in [6, 6.07) is -0.903. The van der Waals surface area contributed by atoms with E-state index >= 15 is 0 Å². The van der Waals surface area contributed by atoms with Gasteiger partial charge in [-0.3, -0.25) is 24.1 Å². The maximum absolute atomic E-state index is 12.7. The average molecular weight is 328 g/mol. The quantitative estimate of drug-likeness (QED) is 0.351. The number of carbonyl (C=O) groups excluding carboxylic acids is 4. The van der Waals surface area contributed by atoms with Crippen molar-refractivity contribution in [2.24, 2.45) is 5.92 Å². The Bertz CT molecular complexity index is 469. The fourth-order valence-electron chi connectivity index (χ4n) is 2.52. The topological polar surface area (TPSA) is 71.5 Å². The average Bonchev–Trinajstić information content (AvgIpc) is 2.80. The molecule has 22 heavy (non-hydrogen) atoms. The fourth-order valence-corrected chi connectivity index (χ4v) is 2.74. The van der Waals surface area contributed by atoms with Crippen molar-refractivity contribution >= 4 is 34.4 Å². The van der Waals surface area contributed by atoms with Crippen molar-refractivity contribution in [1.29, 1.82) is 0 Å². The Morgan fingerprint density at radius 1 is 1.05 bits per heavy atom. The van der Waals surface area contributed by atoms with E-state index in [2.05, 4.69) is 0 Å². The van der Waals surface area contributed by atoms with Gasteiger partial charge >= 0.3 is 0 Å². The Labute approximate surface area is 135 Å². The number of Topliss-reactive ketones (excluding diaryl/α,β-unsaturated/α-hetero) is 1. The molecule has 5 nitrogen and oxygen atoms in total. The number of carbonyl (C=O) groups is 4. The lowest BCUT2D eigenvalue weighted by Crippen LogP contribution is -2.48. The summed E-state index contributed by atoms with van der Waals surface area (Å²) in [4.78, 5) is 48.9. The van der Waals surface area contributed by atoms with E-state index in [1.165, 1.54) is 0 Å². The Balaban J connectivity index is 2.98.